The molecule has 5 rings (SSSR count). The number of fused-ring (bicyclic) bond motifs is 4. The van der Waals surface area contributed by atoms with Crippen molar-refractivity contribution in [3.8, 4) is 0 Å². The number of hydrogen-bond donors (Lipinski definition) is 0. The quantitative estimate of drug-likeness (QED) is 0.436. The molecule has 4 aromatic rings. The summed E-state index contributed by atoms with van der Waals surface area (Å²) in [6, 6.07) is 16.5. The van der Waals surface area contributed by atoms with E-state index >= 15 is 0 Å². The third-order valence-electron chi connectivity index (χ3n) is 6.08. The highest BCUT2D eigenvalue weighted by molar-refractivity contribution is 7.92. The topological polar surface area (TPSA) is 67.6 Å². The van der Waals surface area contributed by atoms with Gasteiger partial charge in [-0.3, -0.25) is 9.10 Å². The first-order chi connectivity index (χ1) is 14.9. The van der Waals surface area contributed by atoms with Gasteiger partial charge >= 0.3 is 0 Å². The van der Waals surface area contributed by atoms with Crippen molar-refractivity contribution < 1.29 is 17.6 Å². The Balaban J connectivity index is 1.74. The molecular weight excluding hydrogens is 410 g/mol. The third-order valence-corrected chi connectivity index (χ3v) is 7.90. The summed E-state index contributed by atoms with van der Waals surface area (Å²) >= 11 is 0. The molecule has 1 aromatic heterocycles. The van der Waals surface area contributed by atoms with Crippen LogP contribution in [-0.2, 0) is 27.7 Å². The Morgan fingerprint density at radius 3 is 2.55 bits per heavy atom. The number of aryl methyl sites for hydroxylation is 1. The lowest BCUT2D eigenvalue weighted by Gasteiger charge is -2.20. The van der Waals surface area contributed by atoms with Crippen LogP contribution in [0.1, 0.15) is 30.0 Å². The van der Waals surface area contributed by atoms with Gasteiger partial charge in [-0.15, -0.1) is 0 Å². The van der Waals surface area contributed by atoms with Gasteiger partial charge in [-0.1, -0.05) is 42.8 Å². The predicted octanol–water partition coefficient (Wildman–Crippen LogP) is 5.17. The Labute approximate surface area is 181 Å². The van der Waals surface area contributed by atoms with E-state index in [0.717, 1.165) is 33.0 Å². The molecule has 0 bridgehead atoms. The van der Waals surface area contributed by atoms with Crippen molar-refractivity contribution in [2.24, 2.45) is 0 Å². The number of ketones is 1. The van der Waals surface area contributed by atoms with Crippen LogP contribution in [0.2, 0.25) is 0 Å². The second-order valence-corrected chi connectivity index (χ2v) is 9.90. The molecule has 1 aliphatic rings. The lowest BCUT2D eigenvalue weighted by molar-refractivity contribution is -0.118. The number of carbonyl (C=O) groups is 1. The molecule has 0 unspecified atom stereocenters. The number of hydrogen-bond acceptors (Lipinski definition) is 4. The monoisotopic (exact) mass is 433 g/mol. The zero-order valence-corrected chi connectivity index (χ0v) is 18.3. The highest BCUT2D eigenvalue weighted by Gasteiger charge is 2.34. The maximum absolute atomic E-state index is 13.4. The van der Waals surface area contributed by atoms with Gasteiger partial charge < -0.3 is 4.42 Å². The van der Waals surface area contributed by atoms with Gasteiger partial charge in [-0.2, -0.15) is 0 Å². The fraction of sp³-hybridized carbons (Fsp3) is 0.240. The molecule has 31 heavy (non-hydrogen) atoms. The molecule has 0 fully saturated rings. The Hall–Kier alpha value is -3.12. The number of Topliss-reactive ketones (excluding diaryl/α,β-unsaturated/α-hetero) is 1. The number of sulfonamides is 1. The van der Waals surface area contributed by atoms with E-state index in [9.17, 15) is 13.2 Å². The van der Waals surface area contributed by atoms with Gasteiger partial charge in [-0.05, 0) is 42.7 Å². The van der Waals surface area contributed by atoms with E-state index in [1.165, 1.54) is 4.31 Å². The Kier molecular flexibility index (Phi) is 4.63. The van der Waals surface area contributed by atoms with Crippen LogP contribution in [-0.4, -0.2) is 20.7 Å². The number of carbonyl (C=O) groups excluding carboxylic acids is 1. The van der Waals surface area contributed by atoms with Crippen LogP contribution in [0, 0.1) is 6.92 Å². The largest absolute Gasteiger partial charge is 0.456 e. The van der Waals surface area contributed by atoms with Crippen LogP contribution in [0.3, 0.4) is 0 Å². The summed E-state index contributed by atoms with van der Waals surface area (Å²) in [5.74, 6) is 0.125. The van der Waals surface area contributed by atoms with Crippen LogP contribution in [0.25, 0.3) is 21.9 Å². The smallest absolute Gasteiger partial charge is 0.264 e. The maximum atomic E-state index is 13.4. The lowest BCUT2D eigenvalue weighted by Crippen LogP contribution is -2.29. The minimum Gasteiger partial charge on any atom is -0.456 e. The lowest BCUT2D eigenvalue weighted by atomic mass is 9.94. The summed E-state index contributed by atoms with van der Waals surface area (Å²) in [7, 11) is -3.71. The van der Waals surface area contributed by atoms with Gasteiger partial charge in [0.25, 0.3) is 10.0 Å². The summed E-state index contributed by atoms with van der Waals surface area (Å²) in [6.07, 6.45) is 1.28. The zero-order valence-electron chi connectivity index (χ0n) is 17.5. The first kappa shape index (κ1) is 19.8. The van der Waals surface area contributed by atoms with Crippen LogP contribution in [0.4, 0.5) is 5.69 Å². The number of nitrogens with zero attached hydrogens (tertiary/aromatic N) is 1. The van der Waals surface area contributed by atoms with Crippen molar-refractivity contribution >= 4 is 43.4 Å². The van der Waals surface area contributed by atoms with Crippen molar-refractivity contribution in [1.82, 2.24) is 0 Å². The summed E-state index contributed by atoms with van der Waals surface area (Å²) < 4.78 is 34.4. The van der Waals surface area contributed by atoms with E-state index in [2.05, 4.69) is 0 Å². The average molecular weight is 434 g/mol. The standard InChI is InChI=1S/C25H23NO4S/c1-3-17(27)14-21-19-12-13-26(31(28,29)18-10-8-16(2)9-11-18)22(19)15-24-25(21)20-6-4-5-7-23(20)30-24/h4-11,15H,3,12-14H2,1-2H3. The minimum atomic E-state index is -3.71. The molecule has 0 saturated heterocycles. The normalized spacial score (nSPS) is 13.8. The van der Waals surface area contributed by atoms with E-state index in [1.54, 1.807) is 24.3 Å². The van der Waals surface area contributed by atoms with Gasteiger partial charge in [0, 0.05) is 36.2 Å². The van der Waals surface area contributed by atoms with E-state index in [1.807, 2.05) is 44.2 Å². The number of anilines is 1. The predicted molar refractivity (Wildman–Crippen MR) is 122 cm³/mol. The van der Waals surface area contributed by atoms with Crippen LogP contribution >= 0.6 is 0 Å². The SMILES string of the molecule is CCC(=O)Cc1c2c(cc3oc4ccccc4c13)N(S(=O)(=O)c1ccc(C)cc1)CC2. The van der Waals surface area contributed by atoms with Crippen LogP contribution in [0.5, 0.6) is 0 Å². The zero-order chi connectivity index (χ0) is 21.8. The molecule has 0 spiro atoms. The van der Waals surface area contributed by atoms with Crippen LogP contribution < -0.4 is 4.31 Å². The Morgan fingerprint density at radius 1 is 1.06 bits per heavy atom. The Bertz CT molecular complexity index is 1430. The number of benzene rings is 3. The van der Waals surface area contributed by atoms with Crippen molar-refractivity contribution in [3.63, 3.8) is 0 Å². The molecule has 0 atom stereocenters. The summed E-state index contributed by atoms with van der Waals surface area (Å²) in [5, 5.41) is 1.88. The molecule has 3 aromatic carbocycles. The third kappa shape index (κ3) is 3.13. The molecule has 2 heterocycles. The molecule has 0 radical (unpaired) electrons. The summed E-state index contributed by atoms with van der Waals surface area (Å²) in [6.45, 7) is 4.13. The number of para-hydroxylation sites is 1. The van der Waals surface area contributed by atoms with Gasteiger partial charge in [0.1, 0.15) is 16.9 Å². The van der Waals surface area contributed by atoms with Crippen molar-refractivity contribution in [2.75, 3.05) is 10.8 Å². The molecule has 5 nitrogen and oxygen atoms in total. The Morgan fingerprint density at radius 2 is 1.81 bits per heavy atom. The molecule has 0 aliphatic carbocycles. The molecular formula is C25H23NO4S. The molecule has 1 aliphatic heterocycles. The molecule has 0 amide bonds. The fourth-order valence-corrected chi connectivity index (χ4v) is 5.92. The van der Waals surface area contributed by atoms with Gasteiger partial charge in [0.15, 0.2) is 0 Å². The van der Waals surface area contributed by atoms with E-state index < -0.39 is 10.0 Å². The maximum Gasteiger partial charge on any atom is 0.264 e. The summed E-state index contributed by atoms with van der Waals surface area (Å²) in [4.78, 5) is 12.7. The second-order valence-electron chi connectivity index (χ2n) is 8.03. The van der Waals surface area contributed by atoms with Gasteiger partial charge in [0.05, 0.1) is 10.6 Å². The fourth-order valence-electron chi connectivity index (χ4n) is 4.43. The van der Waals surface area contributed by atoms with E-state index in [-0.39, 0.29) is 17.1 Å². The van der Waals surface area contributed by atoms with Crippen molar-refractivity contribution in [2.45, 2.75) is 38.0 Å². The number of rotatable bonds is 5. The minimum absolute atomic E-state index is 0.125. The van der Waals surface area contributed by atoms with Crippen molar-refractivity contribution in [3.05, 3.63) is 71.3 Å². The first-order valence-electron chi connectivity index (χ1n) is 10.5. The highest BCUT2D eigenvalue weighted by Crippen LogP contribution is 2.43. The second kappa shape index (κ2) is 7.24. The van der Waals surface area contributed by atoms with E-state index in [4.69, 9.17) is 4.42 Å². The molecule has 0 saturated carbocycles. The molecule has 158 valence electrons. The average Bonchev–Trinajstić information content (AvgIpc) is 3.35. The van der Waals surface area contributed by atoms with Crippen molar-refractivity contribution in [1.29, 1.82) is 0 Å². The van der Waals surface area contributed by atoms with Gasteiger partial charge in [0.2, 0.25) is 0 Å². The number of furan rings is 1. The van der Waals surface area contributed by atoms with Gasteiger partial charge in [-0.25, -0.2) is 8.42 Å². The summed E-state index contributed by atoms with van der Waals surface area (Å²) in [5.41, 5.74) is 4.79. The first-order valence-corrected chi connectivity index (χ1v) is 11.9. The van der Waals surface area contributed by atoms with Crippen LogP contribution in [0.15, 0.2) is 63.9 Å². The van der Waals surface area contributed by atoms with E-state index in [0.29, 0.717) is 30.7 Å². The molecule has 0 N–H and O–H groups in total. The molecule has 6 heteroatoms. The highest BCUT2D eigenvalue weighted by atomic mass is 32.2.